The zero-order valence-corrected chi connectivity index (χ0v) is 19.0. The fourth-order valence-corrected chi connectivity index (χ4v) is 5.09. The van der Waals surface area contributed by atoms with E-state index in [0.29, 0.717) is 12.8 Å². The third-order valence-electron chi connectivity index (χ3n) is 6.82. The summed E-state index contributed by atoms with van der Waals surface area (Å²) in [6.07, 6.45) is 4.43. The monoisotopic (exact) mass is 471 g/mol. The van der Waals surface area contributed by atoms with E-state index in [9.17, 15) is 14.4 Å². The number of pyridine rings is 1. The number of hydrogen-bond donors (Lipinski definition) is 3. The van der Waals surface area contributed by atoms with Crippen LogP contribution >= 0.6 is 0 Å². The van der Waals surface area contributed by atoms with E-state index in [-0.39, 0.29) is 23.8 Å². The number of benzene rings is 2. The molecule has 8 nitrogen and oxygen atoms in total. The fourth-order valence-electron chi connectivity index (χ4n) is 5.09. The van der Waals surface area contributed by atoms with Crippen LogP contribution in [-0.2, 0) is 9.53 Å². The molecule has 2 amide bonds. The molecule has 0 saturated heterocycles. The molecular formula is C27H25N3O5. The third kappa shape index (κ3) is 4.35. The number of anilines is 1. The number of ether oxygens (including phenoxy) is 1. The average Bonchev–Trinajstić information content (AvgIpc) is 3.46. The highest BCUT2D eigenvalue weighted by Gasteiger charge is 2.43. The first-order valence-corrected chi connectivity index (χ1v) is 11.6. The summed E-state index contributed by atoms with van der Waals surface area (Å²) in [5, 5.41) is 14.7. The smallest absolute Gasteiger partial charge is 0.408 e. The summed E-state index contributed by atoms with van der Waals surface area (Å²) in [5.41, 5.74) is 3.60. The van der Waals surface area contributed by atoms with Gasteiger partial charge in [-0.1, -0.05) is 61.4 Å². The normalized spacial score (nSPS) is 15.7. The molecule has 1 fully saturated rings. The van der Waals surface area contributed by atoms with Crippen molar-refractivity contribution in [1.29, 1.82) is 0 Å². The average molecular weight is 472 g/mol. The number of carbonyl (C=O) groups is 3. The Balaban J connectivity index is 1.28. The second-order valence-electron chi connectivity index (χ2n) is 8.96. The zero-order chi connectivity index (χ0) is 24.4. The molecule has 0 bridgehead atoms. The number of carbonyl (C=O) groups excluding carboxylic acids is 2. The second kappa shape index (κ2) is 9.21. The molecule has 5 rings (SSSR count). The van der Waals surface area contributed by atoms with Gasteiger partial charge in [0.2, 0.25) is 5.91 Å². The van der Waals surface area contributed by atoms with Gasteiger partial charge in [-0.25, -0.2) is 9.59 Å². The van der Waals surface area contributed by atoms with Crippen LogP contribution in [0.1, 0.15) is 53.1 Å². The Bertz CT molecular complexity index is 1250. The maximum atomic E-state index is 13.2. The molecule has 3 N–H and O–H groups in total. The summed E-state index contributed by atoms with van der Waals surface area (Å²) >= 11 is 0. The van der Waals surface area contributed by atoms with E-state index in [1.165, 1.54) is 18.5 Å². The van der Waals surface area contributed by atoms with Crippen molar-refractivity contribution in [2.24, 2.45) is 0 Å². The molecule has 178 valence electrons. The van der Waals surface area contributed by atoms with E-state index in [0.717, 1.165) is 35.1 Å². The predicted molar refractivity (Wildman–Crippen MR) is 129 cm³/mol. The molecule has 3 aromatic rings. The highest BCUT2D eigenvalue weighted by atomic mass is 16.5. The zero-order valence-electron chi connectivity index (χ0n) is 19.0. The number of fused-ring (bicyclic) bond motifs is 3. The van der Waals surface area contributed by atoms with Crippen molar-refractivity contribution in [2.45, 2.75) is 37.1 Å². The van der Waals surface area contributed by atoms with Gasteiger partial charge in [0.25, 0.3) is 0 Å². The molecule has 1 heterocycles. The van der Waals surface area contributed by atoms with Gasteiger partial charge in [0, 0.05) is 12.1 Å². The topological polar surface area (TPSA) is 118 Å². The minimum Gasteiger partial charge on any atom is -0.478 e. The van der Waals surface area contributed by atoms with Crippen LogP contribution in [0.15, 0.2) is 67.0 Å². The number of amides is 2. The Labute approximate surface area is 202 Å². The molecule has 1 aromatic heterocycles. The Morgan fingerprint density at radius 2 is 1.60 bits per heavy atom. The Kier molecular flexibility index (Phi) is 5.94. The molecule has 0 atom stereocenters. The number of aromatic nitrogens is 1. The maximum Gasteiger partial charge on any atom is 0.408 e. The number of carboxylic acid groups (broad SMARTS) is 1. The summed E-state index contributed by atoms with van der Waals surface area (Å²) in [7, 11) is 0. The van der Waals surface area contributed by atoms with Crippen LogP contribution in [0.2, 0.25) is 0 Å². The fraction of sp³-hybridized carbons (Fsp3) is 0.259. The van der Waals surface area contributed by atoms with Gasteiger partial charge in [-0.2, -0.15) is 0 Å². The minimum absolute atomic E-state index is 0.0345. The molecular weight excluding hydrogens is 446 g/mol. The largest absolute Gasteiger partial charge is 0.478 e. The number of nitrogens with one attached hydrogen (secondary N) is 2. The summed E-state index contributed by atoms with van der Waals surface area (Å²) in [6.45, 7) is 0.155. The SMILES string of the molecule is O=C(NC1(C(=O)Nc2cncc(C(=O)O)c2)CCCC1)OCC1c2ccccc2-c2ccccc21. The number of nitrogens with zero attached hydrogens (tertiary/aromatic N) is 1. The van der Waals surface area contributed by atoms with Gasteiger partial charge in [0.05, 0.1) is 17.4 Å². The van der Waals surface area contributed by atoms with Crippen molar-refractivity contribution in [3.8, 4) is 11.1 Å². The number of carboxylic acids is 1. The minimum atomic E-state index is -1.14. The molecule has 2 aliphatic carbocycles. The molecule has 35 heavy (non-hydrogen) atoms. The lowest BCUT2D eigenvalue weighted by Crippen LogP contribution is -2.55. The first kappa shape index (κ1) is 22.6. The molecule has 0 aliphatic heterocycles. The van der Waals surface area contributed by atoms with Gasteiger partial charge in [0.1, 0.15) is 12.1 Å². The molecule has 2 aromatic carbocycles. The van der Waals surface area contributed by atoms with Crippen molar-refractivity contribution >= 4 is 23.7 Å². The van der Waals surface area contributed by atoms with E-state index < -0.39 is 23.5 Å². The lowest BCUT2D eigenvalue weighted by molar-refractivity contribution is -0.122. The van der Waals surface area contributed by atoms with Crippen LogP contribution in [0.3, 0.4) is 0 Å². The van der Waals surface area contributed by atoms with E-state index >= 15 is 0 Å². The summed E-state index contributed by atoms with van der Waals surface area (Å²) in [5.74, 6) is -1.62. The van der Waals surface area contributed by atoms with Gasteiger partial charge in [-0.15, -0.1) is 0 Å². The summed E-state index contributed by atoms with van der Waals surface area (Å²) in [6, 6.07) is 17.5. The van der Waals surface area contributed by atoms with Gasteiger partial charge >= 0.3 is 12.1 Å². The first-order chi connectivity index (χ1) is 17.0. The molecule has 1 saturated carbocycles. The van der Waals surface area contributed by atoms with Crippen molar-refractivity contribution in [3.05, 3.63) is 83.7 Å². The third-order valence-corrected chi connectivity index (χ3v) is 6.82. The number of hydrogen-bond acceptors (Lipinski definition) is 5. The number of aromatic carboxylic acids is 1. The van der Waals surface area contributed by atoms with E-state index in [1.54, 1.807) is 0 Å². The van der Waals surface area contributed by atoms with Crippen LogP contribution < -0.4 is 10.6 Å². The van der Waals surface area contributed by atoms with Crippen molar-refractivity contribution in [1.82, 2.24) is 10.3 Å². The van der Waals surface area contributed by atoms with E-state index in [1.807, 2.05) is 36.4 Å². The standard InChI is InChI=1S/C27H25N3O5/c31-24(32)17-13-18(15-28-14-17)29-25(33)27(11-5-6-12-27)30-26(34)35-16-23-21-9-3-1-7-19(21)20-8-2-4-10-22(20)23/h1-4,7-10,13-15,23H,5-6,11-12,16H2,(H,29,33)(H,30,34)(H,31,32). The Morgan fingerprint density at radius 3 is 2.23 bits per heavy atom. The number of alkyl carbamates (subject to hydrolysis) is 1. The quantitative estimate of drug-likeness (QED) is 0.485. The Morgan fingerprint density at radius 1 is 0.971 bits per heavy atom. The van der Waals surface area contributed by atoms with Crippen molar-refractivity contribution in [3.63, 3.8) is 0 Å². The first-order valence-electron chi connectivity index (χ1n) is 11.6. The van der Waals surface area contributed by atoms with Crippen LogP contribution in [0.5, 0.6) is 0 Å². The van der Waals surface area contributed by atoms with Gasteiger partial charge in [-0.05, 0) is 41.2 Å². The van der Waals surface area contributed by atoms with E-state index in [4.69, 9.17) is 9.84 Å². The van der Waals surface area contributed by atoms with E-state index in [2.05, 4.69) is 27.8 Å². The molecule has 0 spiro atoms. The molecule has 0 radical (unpaired) electrons. The van der Waals surface area contributed by atoms with Gasteiger partial charge in [0.15, 0.2) is 0 Å². The van der Waals surface area contributed by atoms with Crippen molar-refractivity contribution < 1.29 is 24.2 Å². The predicted octanol–water partition coefficient (Wildman–Crippen LogP) is 4.57. The molecule has 8 heteroatoms. The summed E-state index contributed by atoms with van der Waals surface area (Å²) < 4.78 is 5.66. The van der Waals surface area contributed by atoms with Crippen LogP contribution in [0.25, 0.3) is 11.1 Å². The molecule has 0 unspecified atom stereocenters. The van der Waals surface area contributed by atoms with Gasteiger partial charge < -0.3 is 20.5 Å². The van der Waals surface area contributed by atoms with Crippen molar-refractivity contribution in [2.75, 3.05) is 11.9 Å². The second-order valence-corrected chi connectivity index (χ2v) is 8.96. The number of rotatable bonds is 6. The Hall–Kier alpha value is -4.20. The maximum absolute atomic E-state index is 13.2. The van der Waals surface area contributed by atoms with Gasteiger partial charge in [-0.3, -0.25) is 9.78 Å². The highest BCUT2D eigenvalue weighted by molar-refractivity contribution is 6.01. The van der Waals surface area contributed by atoms with Crippen LogP contribution in [0, 0.1) is 0 Å². The summed E-state index contributed by atoms with van der Waals surface area (Å²) in [4.78, 5) is 41.2. The lowest BCUT2D eigenvalue weighted by atomic mass is 9.96. The van der Waals surface area contributed by atoms with Crippen LogP contribution in [0.4, 0.5) is 10.5 Å². The molecule has 2 aliphatic rings. The highest BCUT2D eigenvalue weighted by Crippen LogP contribution is 2.44. The lowest BCUT2D eigenvalue weighted by Gasteiger charge is -2.29. The van der Waals surface area contributed by atoms with Crippen LogP contribution in [-0.4, -0.2) is 40.2 Å².